The Kier molecular flexibility index (Phi) is 7.55. The summed E-state index contributed by atoms with van der Waals surface area (Å²) in [7, 11) is 0. The first-order valence-electron chi connectivity index (χ1n) is 9.70. The highest BCUT2D eigenvalue weighted by Crippen LogP contribution is 2.39. The smallest absolute Gasteiger partial charge is 0.226 e. The lowest BCUT2D eigenvalue weighted by molar-refractivity contribution is -0.137. The number of nitrogens with zero attached hydrogens (tertiary/aromatic N) is 3. The van der Waals surface area contributed by atoms with Crippen LogP contribution in [0, 0.1) is 11.8 Å². The predicted octanol–water partition coefficient (Wildman–Crippen LogP) is 3.94. The summed E-state index contributed by atoms with van der Waals surface area (Å²) in [6, 6.07) is 8.38. The Morgan fingerprint density at radius 3 is 2.70 bits per heavy atom. The van der Waals surface area contributed by atoms with Gasteiger partial charge in [0.25, 0.3) is 0 Å². The molecule has 1 unspecified atom stereocenters. The van der Waals surface area contributed by atoms with E-state index in [1.165, 1.54) is 5.52 Å². The number of para-hydroxylation sites is 2. The normalized spacial score (nSPS) is 24.7. The van der Waals surface area contributed by atoms with Gasteiger partial charge < -0.3 is 15.2 Å². The number of halogens is 2. The van der Waals surface area contributed by atoms with Crippen LogP contribution in [0.2, 0.25) is 0 Å². The quantitative estimate of drug-likeness (QED) is 0.826. The molecule has 2 N–H and O–H groups in total. The van der Waals surface area contributed by atoms with Crippen molar-refractivity contribution in [3.8, 4) is 0 Å². The lowest BCUT2D eigenvalue weighted by atomic mass is 9.94. The Hall–Kier alpha value is -1.30. The SMILES string of the molecule is CCn1c(C2CCCN2C(=O)[C@@H]2CCC[C@@H]2CN)nc2ccccc21.Cl.Cl. The van der Waals surface area contributed by atoms with Crippen molar-refractivity contribution in [2.75, 3.05) is 13.1 Å². The van der Waals surface area contributed by atoms with Gasteiger partial charge in [0.1, 0.15) is 5.82 Å². The Balaban J connectivity index is 0.00000131. The molecule has 1 saturated heterocycles. The van der Waals surface area contributed by atoms with E-state index in [0.717, 1.165) is 56.5 Å². The topological polar surface area (TPSA) is 64.2 Å². The molecule has 1 amide bonds. The van der Waals surface area contributed by atoms with Crippen LogP contribution in [0.5, 0.6) is 0 Å². The van der Waals surface area contributed by atoms with Crippen LogP contribution in [0.25, 0.3) is 11.0 Å². The van der Waals surface area contributed by atoms with Crippen molar-refractivity contribution in [2.24, 2.45) is 17.6 Å². The largest absolute Gasteiger partial charge is 0.332 e. The number of rotatable bonds is 4. The maximum absolute atomic E-state index is 13.2. The fourth-order valence-electron chi connectivity index (χ4n) is 4.84. The van der Waals surface area contributed by atoms with E-state index in [-0.39, 0.29) is 36.8 Å². The molecule has 150 valence electrons. The number of fused-ring (bicyclic) bond motifs is 1. The van der Waals surface area contributed by atoms with Gasteiger partial charge in [-0.05, 0) is 57.2 Å². The number of nitrogens with two attached hydrogens (primary N) is 1. The van der Waals surface area contributed by atoms with Gasteiger partial charge in [-0.2, -0.15) is 0 Å². The summed E-state index contributed by atoms with van der Waals surface area (Å²) in [5.74, 6) is 1.84. The molecule has 1 saturated carbocycles. The Bertz CT molecular complexity index is 778. The van der Waals surface area contributed by atoms with Gasteiger partial charge in [-0.1, -0.05) is 18.6 Å². The molecule has 1 aliphatic heterocycles. The van der Waals surface area contributed by atoms with Gasteiger partial charge in [0.15, 0.2) is 0 Å². The Morgan fingerprint density at radius 2 is 1.96 bits per heavy atom. The van der Waals surface area contributed by atoms with Crippen molar-refractivity contribution < 1.29 is 4.79 Å². The average Bonchev–Trinajstić information content (AvgIpc) is 3.37. The zero-order valence-corrected chi connectivity index (χ0v) is 17.5. The number of carbonyl (C=O) groups excluding carboxylic acids is 1. The lowest BCUT2D eigenvalue weighted by Gasteiger charge is -2.29. The zero-order valence-electron chi connectivity index (χ0n) is 15.8. The lowest BCUT2D eigenvalue weighted by Crippen LogP contribution is -2.39. The average molecular weight is 413 g/mol. The molecule has 3 atom stereocenters. The van der Waals surface area contributed by atoms with Gasteiger partial charge in [-0.15, -0.1) is 24.8 Å². The van der Waals surface area contributed by atoms with Crippen molar-refractivity contribution in [2.45, 2.75) is 51.6 Å². The van der Waals surface area contributed by atoms with Gasteiger partial charge in [-0.3, -0.25) is 4.79 Å². The summed E-state index contributed by atoms with van der Waals surface area (Å²) in [6.07, 6.45) is 5.29. The minimum atomic E-state index is 0. The summed E-state index contributed by atoms with van der Waals surface area (Å²) in [6.45, 7) is 4.51. The molecule has 4 rings (SSSR count). The van der Waals surface area contributed by atoms with E-state index in [9.17, 15) is 4.79 Å². The molecule has 1 aromatic heterocycles. The second kappa shape index (κ2) is 9.26. The van der Waals surface area contributed by atoms with Gasteiger partial charge in [0.2, 0.25) is 5.91 Å². The molecule has 7 heteroatoms. The second-order valence-corrected chi connectivity index (χ2v) is 7.43. The minimum Gasteiger partial charge on any atom is -0.332 e. The summed E-state index contributed by atoms with van der Waals surface area (Å²) in [4.78, 5) is 20.3. The first-order chi connectivity index (χ1) is 12.2. The molecule has 0 spiro atoms. The van der Waals surface area contributed by atoms with Crippen LogP contribution < -0.4 is 5.73 Å². The van der Waals surface area contributed by atoms with Crippen LogP contribution in [0.15, 0.2) is 24.3 Å². The van der Waals surface area contributed by atoms with Crippen LogP contribution in [0.1, 0.15) is 50.9 Å². The van der Waals surface area contributed by atoms with Gasteiger partial charge >= 0.3 is 0 Å². The van der Waals surface area contributed by atoms with E-state index >= 15 is 0 Å². The van der Waals surface area contributed by atoms with Gasteiger partial charge in [0, 0.05) is 19.0 Å². The number of hydrogen-bond acceptors (Lipinski definition) is 3. The van der Waals surface area contributed by atoms with Gasteiger partial charge in [-0.25, -0.2) is 4.98 Å². The maximum Gasteiger partial charge on any atom is 0.226 e. The molecule has 1 aromatic carbocycles. The summed E-state index contributed by atoms with van der Waals surface area (Å²) >= 11 is 0. The molecule has 2 fully saturated rings. The number of imidazole rings is 1. The molecule has 2 heterocycles. The van der Waals surface area contributed by atoms with Crippen LogP contribution in [-0.2, 0) is 11.3 Å². The van der Waals surface area contributed by atoms with E-state index in [4.69, 9.17) is 10.7 Å². The van der Waals surface area contributed by atoms with Crippen molar-refractivity contribution in [3.05, 3.63) is 30.1 Å². The molecule has 1 aliphatic carbocycles. The number of hydrogen-bond donors (Lipinski definition) is 1. The van der Waals surface area contributed by atoms with Crippen LogP contribution in [-0.4, -0.2) is 33.4 Å². The first-order valence-corrected chi connectivity index (χ1v) is 9.70. The third-order valence-electron chi connectivity index (χ3n) is 6.11. The molecule has 2 aliphatic rings. The van der Waals surface area contributed by atoms with Gasteiger partial charge in [0.05, 0.1) is 17.1 Å². The second-order valence-electron chi connectivity index (χ2n) is 7.43. The number of amides is 1. The fourth-order valence-corrected chi connectivity index (χ4v) is 4.84. The van der Waals surface area contributed by atoms with Crippen molar-refractivity contribution in [1.29, 1.82) is 0 Å². The summed E-state index contributed by atoms with van der Waals surface area (Å²) in [5.41, 5.74) is 8.11. The van der Waals surface area contributed by atoms with Crippen LogP contribution >= 0.6 is 24.8 Å². The maximum atomic E-state index is 13.2. The highest BCUT2D eigenvalue weighted by atomic mass is 35.5. The van der Waals surface area contributed by atoms with E-state index in [1.807, 2.05) is 6.07 Å². The number of benzene rings is 1. The first kappa shape index (κ1) is 22.0. The predicted molar refractivity (Wildman–Crippen MR) is 113 cm³/mol. The third-order valence-corrected chi connectivity index (χ3v) is 6.11. The third kappa shape index (κ3) is 3.82. The number of aryl methyl sites for hydroxylation is 1. The van der Waals surface area contributed by atoms with Crippen molar-refractivity contribution in [1.82, 2.24) is 14.5 Å². The standard InChI is InChI=1S/C20H28N4O.2ClH/c1-2-23-17-10-4-3-9-16(17)22-19(23)18-11-6-12-24(18)20(25)15-8-5-7-14(15)13-21;;/h3-4,9-10,14-15,18H,2,5-8,11-13,21H2,1H3;2*1H/t14-,15-,18?;;/m1../s1. The highest BCUT2D eigenvalue weighted by Gasteiger charge is 2.40. The summed E-state index contributed by atoms with van der Waals surface area (Å²) < 4.78 is 2.28. The molecule has 2 aromatic rings. The molecule has 5 nitrogen and oxygen atoms in total. The zero-order chi connectivity index (χ0) is 17.4. The summed E-state index contributed by atoms with van der Waals surface area (Å²) in [5, 5.41) is 0. The Labute approximate surface area is 173 Å². The minimum absolute atomic E-state index is 0. The van der Waals surface area contributed by atoms with Crippen molar-refractivity contribution >= 4 is 41.8 Å². The van der Waals surface area contributed by atoms with E-state index in [0.29, 0.717) is 18.4 Å². The molecule has 0 radical (unpaired) electrons. The van der Waals surface area contributed by atoms with Crippen LogP contribution in [0.4, 0.5) is 0 Å². The number of carbonyl (C=O) groups is 1. The van der Waals surface area contributed by atoms with Crippen LogP contribution in [0.3, 0.4) is 0 Å². The molecular formula is C20H30Cl2N4O. The van der Waals surface area contributed by atoms with E-state index in [1.54, 1.807) is 0 Å². The van der Waals surface area contributed by atoms with Crippen molar-refractivity contribution in [3.63, 3.8) is 0 Å². The molecular weight excluding hydrogens is 383 g/mol. The van der Waals surface area contributed by atoms with E-state index in [2.05, 4.69) is 34.6 Å². The van der Waals surface area contributed by atoms with E-state index < -0.39 is 0 Å². The number of aromatic nitrogens is 2. The fraction of sp³-hybridized carbons (Fsp3) is 0.600. The Morgan fingerprint density at radius 1 is 1.19 bits per heavy atom. The molecule has 0 bridgehead atoms. The number of likely N-dealkylation sites (tertiary alicyclic amines) is 1. The monoisotopic (exact) mass is 412 g/mol. The molecule has 27 heavy (non-hydrogen) atoms. The highest BCUT2D eigenvalue weighted by molar-refractivity contribution is 5.85.